The lowest BCUT2D eigenvalue weighted by Crippen LogP contribution is -2.04. The number of fused-ring (bicyclic) bond motifs is 6. The van der Waals surface area contributed by atoms with Crippen molar-refractivity contribution in [3.8, 4) is 0 Å². The fourth-order valence-electron chi connectivity index (χ4n) is 5.20. The lowest BCUT2D eigenvalue weighted by Gasteiger charge is -2.09. The molecule has 0 fully saturated rings. The monoisotopic (exact) mass is 560 g/mol. The summed E-state index contributed by atoms with van der Waals surface area (Å²) in [6, 6.07) is 17.0. The highest BCUT2D eigenvalue weighted by Gasteiger charge is 2.12. The Bertz CT molecular complexity index is 2090. The number of aromatic nitrogens is 4. The summed E-state index contributed by atoms with van der Waals surface area (Å²) in [6.45, 7) is 0. The van der Waals surface area contributed by atoms with Gasteiger partial charge in [-0.05, 0) is 96.5 Å². The highest BCUT2D eigenvalue weighted by atomic mass is 35.5. The number of pyridine rings is 4. The van der Waals surface area contributed by atoms with Crippen molar-refractivity contribution in [3.63, 3.8) is 0 Å². The van der Waals surface area contributed by atoms with Crippen LogP contribution < -0.4 is 11.3 Å². The van der Waals surface area contributed by atoms with E-state index in [-0.39, 0.29) is 11.4 Å². The molecule has 0 saturated carbocycles. The summed E-state index contributed by atoms with van der Waals surface area (Å²) < 4.78 is 10.8. The third-order valence-corrected chi connectivity index (χ3v) is 7.40. The molecule has 200 valence electrons. The fourth-order valence-corrected chi connectivity index (χ4v) is 5.48. The molecule has 0 amide bonds. The van der Waals surface area contributed by atoms with Crippen molar-refractivity contribution in [1.29, 1.82) is 0 Å². The molecule has 0 spiro atoms. The Kier molecular flexibility index (Phi) is 6.24. The van der Waals surface area contributed by atoms with Gasteiger partial charge in [0, 0.05) is 29.8 Å². The Morgan fingerprint density at radius 2 is 1.02 bits per heavy atom. The van der Waals surface area contributed by atoms with E-state index in [4.69, 9.17) is 20.4 Å². The molecule has 0 radical (unpaired) electrons. The molecular formula is C32H21ClN4O4. The molecule has 0 aliphatic carbocycles. The zero-order valence-electron chi connectivity index (χ0n) is 21.6. The van der Waals surface area contributed by atoms with Crippen LogP contribution in [0.15, 0.2) is 97.8 Å². The molecule has 1 aromatic carbocycles. The van der Waals surface area contributed by atoms with Crippen molar-refractivity contribution in [2.45, 2.75) is 25.7 Å². The highest BCUT2D eigenvalue weighted by Crippen LogP contribution is 2.23. The number of nitrogens with zero attached hydrogens (tertiary/aromatic N) is 4. The van der Waals surface area contributed by atoms with E-state index in [2.05, 4.69) is 26.0 Å². The molecule has 0 bridgehead atoms. The van der Waals surface area contributed by atoms with Gasteiger partial charge in [0.25, 0.3) is 0 Å². The summed E-state index contributed by atoms with van der Waals surface area (Å²) in [5, 5.41) is 2.96. The zero-order chi connectivity index (χ0) is 27.9. The smallest absolute Gasteiger partial charge is 0.347 e. The van der Waals surface area contributed by atoms with Crippen molar-refractivity contribution >= 4 is 55.6 Å². The van der Waals surface area contributed by atoms with Gasteiger partial charge in [-0.25, -0.2) is 19.6 Å². The average Bonchev–Trinajstić information content (AvgIpc) is 2.99. The minimum absolute atomic E-state index is 0.283. The van der Waals surface area contributed by atoms with Crippen molar-refractivity contribution in [3.05, 3.63) is 128 Å². The van der Waals surface area contributed by atoms with E-state index in [0.717, 1.165) is 35.1 Å². The maximum Gasteiger partial charge on any atom is 0.347 e. The molecule has 6 aromatic heterocycles. The first-order valence-electron chi connectivity index (χ1n) is 13.1. The Hall–Kier alpha value is -4.95. The molecule has 0 N–H and O–H groups in total. The average molecular weight is 561 g/mol. The van der Waals surface area contributed by atoms with E-state index in [9.17, 15) is 9.59 Å². The van der Waals surface area contributed by atoms with Crippen molar-refractivity contribution in [2.24, 2.45) is 0 Å². The summed E-state index contributed by atoms with van der Waals surface area (Å²) in [6.07, 6.45) is 9.57. The lowest BCUT2D eigenvalue weighted by molar-refractivity contribution is 0.557. The molecule has 0 atom stereocenters. The summed E-state index contributed by atoms with van der Waals surface area (Å²) in [5.74, 6) is 0. The summed E-state index contributed by atoms with van der Waals surface area (Å²) >= 11 is 6.48. The predicted molar refractivity (Wildman–Crippen MR) is 157 cm³/mol. The Morgan fingerprint density at radius 3 is 1.51 bits per heavy atom. The van der Waals surface area contributed by atoms with Gasteiger partial charge < -0.3 is 8.83 Å². The first-order chi connectivity index (χ1) is 20.0. The van der Waals surface area contributed by atoms with E-state index in [1.54, 1.807) is 36.9 Å². The van der Waals surface area contributed by atoms with Gasteiger partial charge in [0.1, 0.15) is 0 Å². The molecular weight excluding hydrogens is 540 g/mol. The summed E-state index contributed by atoms with van der Waals surface area (Å²) in [5.41, 5.74) is 4.87. The molecule has 41 heavy (non-hydrogen) atoms. The van der Waals surface area contributed by atoms with Gasteiger partial charge in [-0.2, -0.15) is 0 Å². The maximum absolute atomic E-state index is 12.6. The maximum atomic E-state index is 12.6. The van der Waals surface area contributed by atoms with Gasteiger partial charge in [-0.3, -0.25) is 9.97 Å². The molecule has 7 aromatic rings. The highest BCUT2D eigenvalue weighted by molar-refractivity contribution is 6.30. The normalized spacial score (nSPS) is 11.6. The van der Waals surface area contributed by atoms with Crippen LogP contribution in [0.2, 0.25) is 5.02 Å². The minimum atomic E-state index is -0.448. The number of benzene rings is 1. The van der Waals surface area contributed by atoms with E-state index in [1.807, 2.05) is 36.4 Å². The predicted octanol–water partition coefficient (Wildman–Crippen LogP) is 6.01. The van der Waals surface area contributed by atoms with Crippen LogP contribution >= 0.6 is 11.6 Å². The zero-order valence-corrected chi connectivity index (χ0v) is 22.4. The van der Waals surface area contributed by atoms with Crippen LogP contribution in [0, 0.1) is 0 Å². The molecule has 0 saturated heterocycles. The Balaban J connectivity index is 1.09. The SMILES string of the molecule is O=c1oc2ncccc2c2ncc(CCc3cc(Cl)cc(CCc4cnc5c(c4)c(=O)oc4ncccc45)c3)cc12. The van der Waals surface area contributed by atoms with Gasteiger partial charge >= 0.3 is 11.3 Å². The van der Waals surface area contributed by atoms with Crippen molar-refractivity contribution < 1.29 is 8.83 Å². The van der Waals surface area contributed by atoms with Crippen LogP contribution in [0.3, 0.4) is 0 Å². The van der Waals surface area contributed by atoms with Gasteiger partial charge in [0.05, 0.1) is 32.6 Å². The van der Waals surface area contributed by atoms with E-state index < -0.39 is 11.3 Å². The van der Waals surface area contributed by atoms with Crippen LogP contribution in [-0.2, 0) is 25.7 Å². The van der Waals surface area contributed by atoms with E-state index in [0.29, 0.717) is 50.4 Å². The van der Waals surface area contributed by atoms with Crippen LogP contribution in [0.25, 0.3) is 44.0 Å². The second kappa shape index (κ2) is 10.2. The Labute approximate surface area is 237 Å². The number of halogens is 1. The topological polar surface area (TPSA) is 112 Å². The first kappa shape index (κ1) is 25.0. The standard InChI is InChI=1S/C32H21ClN4O4/c33-22-12-18(5-7-20-14-25-27(36-16-20)23-3-1-9-34-29(23)40-31(25)38)11-19(13-22)6-8-21-15-26-28(37-17-21)24-4-2-10-35-30(24)41-32(26)39/h1-4,9-17H,5-8H2. The number of hydrogen-bond acceptors (Lipinski definition) is 8. The third-order valence-electron chi connectivity index (χ3n) is 7.18. The van der Waals surface area contributed by atoms with Crippen LogP contribution in [0.5, 0.6) is 0 Å². The molecule has 9 heteroatoms. The molecule has 0 unspecified atom stereocenters. The largest absolute Gasteiger partial charge is 0.403 e. The van der Waals surface area contributed by atoms with Crippen molar-refractivity contribution in [2.75, 3.05) is 0 Å². The summed E-state index contributed by atoms with van der Waals surface area (Å²) in [4.78, 5) is 42.5. The summed E-state index contributed by atoms with van der Waals surface area (Å²) in [7, 11) is 0. The molecule has 6 heterocycles. The van der Waals surface area contributed by atoms with E-state index >= 15 is 0 Å². The third kappa shape index (κ3) is 4.83. The van der Waals surface area contributed by atoms with Crippen molar-refractivity contribution in [1.82, 2.24) is 19.9 Å². The van der Waals surface area contributed by atoms with Gasteiger partial charge in [0.15, 0.2) is 0 Å². The fraction of sp³-hybridized carbons (Fsp3) is 0.125. The van der Waals surface area contributed by atoms with Crippen LogP contribution in [0.1, 0.15) is 22.3 Å². The van der Waals surface area contributed by atoms with Gasteiger partial charge in [-0.15, -0.1) is 0 Å². The van der Waals surface area contributed by atoms with Crippen LogP contribution in [-0.4, -0.2) is 19.9 Å². The number of aryl methyl sites for hydroxylation is 4. The van der Waals surface area contributed by atoms with Crippen LogP contribution in [0.4, 0.5) is 0 Å². The molecule has 7 rings (SSSR count). The second-order valence-corrected chi connectivity index (χ2v) is 10.4. The molecule has 0 aliphatic rings. The molecule has 8 nitrogen and oxygen atoms in total. The number of hydrogen-bond donors (Lipinski definition) is 0. The van der Waals surface area contributed by atoms with E-state index in [1.165, 1.54) is 0 Å². The molecule has 0 aliphatic heterocycles. The number of rotatable bonds is 6. The minimum Gasteiger partial charge on any atom is -0.403 e. The second-order valence-electron chi connectivity index (χ2n) is 9.94. The quantitative estimate of drug-likeness (QED) is 0.227. The van der Waals surface area contributed by atoms with Gasteiger partial charge in [0.2, 0.25) is 11.4 Å². The lowest BCUT2D eigenvalue weighted by atomic mass is 9.99. The first-order valence-corrected chi connectivity index (χ1v) is 13.5. The van der Waals surface area contributed by atoms with Gasteiger partial charge in [-0.1, -0.05) is 17.7 Å². The Morgan fingerprint density at radius 1 is 0.561 bits per heavy atom.